The van der Waals surface area contributed by atoms with Crippen molar-refractivity contribution < 1.29 is 9.53 Å². The van der Waals surface area contributed by atoms with Crippen LogP contribution < -0.4 is 5.73 Å². The Balaban J connectivity index is 3.37. The minimum absolute atomic E-state index is 0.358. The highest BCUT2D eigenvalue weighted by atomic mass is 32.1. The van der Waals surface area contributed by atoms with Gasteiger partial charge in [0.2, 0.25) is 0 Å². The second-order valence-corrected chi connectivity index (χ2v) is 6.73. The van der Waals surface area contributed by atoms with Crippen LogP contribution in [0.1, 0.15) is 90.9 Å². The monoisotopic (exact) mass is 317 g/mol. The van der Waals surface area contributed by atoms with Gasteiger partial charge in [0.05, 0.1) is 6.61 Å². The molecule has 0 aromatic heterocycles. The third-order valence-electron chi connectivity index (χ3n) is 3.79. The van der Waals surface area contributed by atoms with Gasteiger partial charge in [0.1, 0.15) is 0 Å². The lowest BCUT2D eigenvalue weighted by molar-refractivity contribution is -0.146. The highest BCUT2D eigenvalue weighted by molar-refractivity contribution is 7.82. The van der Waals surface area contributed by atoms with Crippen LogP contribution in [0, 0.1) is 0 Å². The molecule has 0 saturated carbocycles. The van der Waals surface area contributed by atoms with Crippen molar-refractivity contribution in [1.82, 2.24) is 0 Å². The Morgan fingerprint density at radius 3 is 1.76 bits per heavy atom. The number of ether oxygens (including phenoxy) is 1. The number of esters is 1. The van der Waals surface area contributed by atoms with Crippen molar-refractivity contribution in [3.8, 4) is 0 Å². The second-order valence-electron chi connectivity index (χ2n) is 5.93. The molecule has 0 bridgehead atoms. The van der Waals surface area contributed by atoms with E-state index < -0.39 is 10.8 Å². The van der Waals surface area contributed by atoms with Crippen molar-refractivity contribution >= 4 is 18.6 Å². The van der Waals surface area contributed by atoms with Gasteiger partial charge in [-0.3, -0.25) is 0 Å². The molecule has 1 atom stereocenters. The largest absolute Gasteiger partial charge is 0.464 e. The summed E-state index contributed by atoms with van der Waals surface area (Å²) in [6.45, 7) is 4.39. The lowest BCUT2D eigenvalue weighted by Gasteiger charge is -2.20. The number of hydrogen-bond donors (Lipinski definition) is 2. The van der Waals surface area contributed by atoms with Crippen LogP contribution in [-0.4, -0.2) is 17.4 Å². The zero-order chi connectivity index (χ0) is 16.0. The van der Waals surface area contributed by atoms with Gasteiger partial charge in [-0.05, 0) is 13.3 Å². The topological polar surface area (TPSA) is 52.3 Å². The van der Waals surface area contributed by atoms with Gasteiger partial charge in [-0.2, -0.15) is 0 Å². The summed E-state index contributed by atoms with van der Waals surface area (Å²) >= 11 is 4.22. The van der Waals surface area contributed by atoms with Crippen LogP contribution >= 0.6 is 12.6 Å². The lowest BCUT2D eigenvalue weighted by atomic mass is 10.0. The minimum atomic E-state index is -1.12. The number of carbonyl (C=O) groups is 1. The predicted molar refractivity (Wildman–Crippen MR) is 93.6 cm³/mol. The van der Waals surface area contributed by atoms with Crippen molar-refractivity contribution in [2.24, 2.45) is 5.73 Å². The number of nitrogens with two attached hydrogens (primary N) is 1. The quantitative estimate of drug-likeness (QED) is 0.209. The van der Waals surface area contributed by atoms with E-state index in [9.17, 15) is 4.79 Å². The molecule has 0 radical (unpaired) electrons. The first-order valence-corrected chi connectivity index (χ1v) is 9.17. The summed E-state index contributed by atoms with van der Waals surface area (Å²) in [5.74, 6) is -0.402. The summed E-state index contributed by atoms with van der Waals surface area (Å²) in [6, 6.07) is 0. The smallest absolute Gasteiger partial charge is 0.336 e. The Morgan fingerprint density at radius 2 is 1.33 bits per heavy atom. The molecule has 0 amide bonds. The van der Waals surface area contributed by atoms with Crippen LogP contribution in [0.25, 0.3) is 0 Å². The highest BCUT2D eigenvalue weighted by Crippen LogP contribution is 2.19. The van der Waals surface area contributed by atoms with Gasteiger partial charge in [0.15, 0.2) is 4.87 Å². The Hall–Kier alpha value is -0.220. The molecule has 0 aromatic rings. The molecule has 0 spiro atoms. The Bertz CT molecular complexity index is 257. The third-order valence-corrected chi connectivity index (χ3v) is 4.20. The molecular weight excluding hydrogens is 282 g/mol. The van der Waals surface area contributed by atoms with E-state index in [4.69, 9.17) is 10.5 Å². The fourth-order valence-corrected chi connectivity index (χ4v) is 2.64. The first-order valence-electron chi connectivity index (χ1n) is 8.73. The minimum Gasteiger partial charge on any atom is -0.464 e. The molecule has 21 heavy (non-hydrogen) atoms. The average molecular weight is 318 g/mol. The van der Waals surface area contributed by atoms with Crippen LogP contribution in [0.15, 0.2) is 0 Å². The van der Waals surface area contributed by atoms with Gasteiger partial charge in [0.25, 0.3) is 0 Å². The van der Waals surface area contributed by atoms with Gasteiger partial charge < -0.3 is 10.5 Å². The number of unbranched alkanes of at least 4 members (excludes halogenated alkanes) is 10. The standard InChI is InChI=1S/C17H35NO2S/c1-3-5-6-7-8-9-10-11-12-13-14-15-17(18,21)16(19)20-4-2/h21H,3-15,18H2,1-2H3. The van der Waals surface area contributed by atoms with Gasteiger partial charge in [-0.1, -0.05) is 77.6 Å². The van der Waals surface area contributed by atoms with E-state index in [1.165, 1.54) is 57.8 Å². The van der Waals surface area contributed by atoms with Crippen LogP contribution in [-0.2, 0) is 9.53 Å². The van der Waals surface area contributed by atoms with E-state index >= 15 is 0 Å². The fraction of sp³-hybridized carbons (Fsp3) is 0.941. The molecule has 0 aliphatic heterocycles. The molecule has 0 heterocycles. The van der Waals surface area contributed by atoms with Gasteiger partial charge in [-0.15, -0.1) is 12.6 Å². The molecular formula is C17H35NO2S. The Kier molecular flexibility index (Phi) is 13.3. The molecule has 0 rings (SSSR count). The van der Waals surface area contributed by atoms with Crippen LogP contribution in [0.3, 0.4) is 0 Å². The number of rotatable bonds is 14. The third kappa shape index (κ3) is 12.0. The lowest BCUT2D eigenvalue weighted by Crippen LogP contribution is -2.43. The maximum atomic E-state index is 11.6. The average Bonchev–Trinajstić information content (AvgIpc) is 2.45. The molecule has 0 fully saturated rings. The van der Waals surface area contributed by atoms with E-state index in [2.05, 4.69) is 19.6 Å². The number of hydrogen-bond acceptors (Lipinski definition) is 4. The zero-order valence-electron chi connectivity index (χ0n) is 14.0. The first-order chi connectivity index (χ1) is 10.0. The van der Waals surface area contributed by atoms with Gasteiger partial charge >= 0.3 is 5.97 Å². The maximum absolute atomic E-state index is 11.6. The Labute approximate surface area is 136 Å². The van der Waals surface area contributed by atoms with Crippen molar-refractivity contribution in [3.05, 3.63) is 0 Å². The van der Waals surface area contributed by atoms with Crippen molar-refractivity contribution in [2.45, 2.75) is 95.8 Å². The summed E-state index contributed by atoms with van der Waals surface area (Å²) in [6.07, 6.45) is 14.7. The molecule has 1 unspecified atom stereocenters. The zero-order valence-corrected chi connectivity index (χ0v) is 14.9. The summed E-state index contributed by atoms with van der Waals surface area (Å²) in [4.78, 5) is 10.4. The fourth-order valence-electron chi connectivity index (χ4n) is 2.42. The first kappa shape index (κ1) is 20.8. The number of carbonyl (C=O) groups excluding carboxylic acids is 1. The maximum Gasteiger partial charge on any atom is 0.336 e. The predicted octanol–water partition coefficient (Wildman–Crippen LogP) is 4.84. The molecule has 4 heteroatoms. The molecule has 0 aliphatic rings. The summed E-state index contributed by atoms with van der Waals surface area (Å²) in [5.41, 5.74) is 5.86. The van der Waals surface area contributed by atoms with Crippen molar-refractivity contribution in [2.75, 3.05) is 6.61 Å². The number of thiol groups is 1. The molecule has 126 valence electrons. The van der Waals surface area contributed by atoms with E-state index in [-0.39, 0.29) is 0 Å². The van der Waals surface area contributed by atoms with E-state index in [1.807, 2.05) is 0 Å². The van der Waals surface area contributed by atoms with Crippen LogP contribution in [0.4, 0.5) is 0 Å². The van der Waals surface area contributed by atoms with Crippen molar-refractivity contribution in [1.29, 1.82) is 0 Å². The highest BCUT2D eigenvalue weighted by Gasteiger charge is 2.30. The van der Waals surface area contributed by atoms with E-state index in [1.54, 1.807) is 6.92 Å². The van der Waals surface area contributed by atoms with Gasteiger partial charge in [-0.25, -0.2) is 4.79 Å². The normalized spacial score (nSPS) is 13.9. The molecule has 0 saturated heterocycles. The summed E-state index contributed by atoms with van der Waals surface area (Å²) in [5, 5.41) is 0. The molecule has 2 N–H and O–H groups in total. The summed E-state index contributed by atoms with van der Waals surface area (Å²) < 4.78 is 4.92. The van der Waals surface area contributed by atoms with E-state index in [0.717, 1.165) is 12.8 Å². The van der Waals surface area contributed by atoms with Gasteiger partial charge in [0, 0.05) is 0 Å². The van der Waals surface area contributed by atoms with Crippen LogP contribution in [0.5, 0.6) is 0 Å². The molecule has 3 nitrogen and oxygen atoms in total. The van der Waals surface area contributed by atoms with E-state index in [0.29, 0.717) is 13.0 Å². The second kappa shape index (κ2) is 13.4. The van der Waals surface area contributed by atoms with Crippen molar-refractivity contribution in [3.63, 3.8) is 0 Å². The SMILES string of the molecule is CCCCCCCCCCCCCC(N)(S)C(=O)OCC. The summed E-state index contributed by atoms with van der Waals surface area (Å²) in [7, 11) is 0. The Morgan fingerprint density at radius 1 is 0.905 bits per heavy atom. The molecule has 0 aromatic carbocycles. The van der Waals surface area contributed by atoms with Crippen LogP contribution in [0.2, 0.25) is 0 Å². The molecule has 0 aliphatic carbocycles.